The molecule has 86 valence electrons. The molecule has 0 saturated heterocycles. The van der Waals surface area contributed by atoms with Gasteiger partial charge in [0.1, 0.15) is 0 Å². The van der Waals surface area contributed by atoms with Gasteiger partial charge in [-0.25, -0.2) is 19.6 Å². The Hall–Kier alpha value is -1.24. The Kier molecular flexibility index (Phi) is 3.33. The molecule has 0 aromatic carbocycles. The van der Waals surface area contributed by atoms with Crippen LogP contribution in [0.2, 0.25) is 0 Å². The Morgan fingerprint density at radius 2 is 2.00 bits per heavy atom. The predicted octanol–water partition coefficient (Wildman–Crippen LogP) is 2.00. The fraction of sp³-hybridized carbons (Fsp3) is 0.833. The van der Waals surface area contributed by atoms with Crippen LogP contribution in [0, 0.1) is 11.3 Å². The largest absolute Gasteiger partial charge is 0.235 e. The van der Waals surface area contributed by atoms with Gasteiger partial charge in [0, 0.05) is 0 Å². The summed E-state index contributed by atoms with van der Waals surface area (Å²) in [5.41, 5.74) is 0.381. The summed E-state index contributed by atoms with van der Waals surface area (Å²) in [6.07, 6.45) is 10.0. The van der Waals surface area contributed by atoms with E-state index in [0.29, 0.717) is 17.9 Å². The number of isocyanates is 2. The highest BCUT2D eigenvalue weighted by Gasteiger charge is 2.44. The van der Waals surface area contributed by atoms with Crippen LogP contribution in [-0.2, 0) is 9.59 Å². The highest BCUT2D eigenvalue weighted by molar-refractivity contribution is 5.34. The summed E-state index contributed by atoms with van der Waals surface area (Å²) in [5.74, 6) is 0.387. The molecule has 0 bridgehead atoms. The van der Waals surface area contributed by atoms with Crippen molar-refractivity contribution >= 4 is 12.2 Å². The first-order chi connectivity index (χ1) is 7.78. The van der Waals surface area contributed by atoms with Crippen LogP contribution in [0.4, 0.5) is 0 Å². The highest BCUT2D eigenvalue weighted by Crippen LogP contribution is 2.53. The Morgan fingerprint density at radius 1 is 1.19 bits per heavy atom. The molecule has 2 rings (SSSR count). The van der Waals surface area contributed by atoms with Gasteiger partial charge in [-0.05, 0) is 43.4 Å². The van der Waals surface area contributed by atoms with Crippen molar-refractivity contribution in [3.63, 3.8) is 0 Å². The number of hydrogen-bond donors (Lipinski definition) is 0. The second-order valence-corrected chi connectivity index (χ2v) is 5.17. The van der Waals surface area contributed by atoms with Gasteiger partial charge >= 0.3 is 0 Å². The van der Waals surface area contributed by atoms with Gasteiger partial charge in [-0.15, -0.1) is 0 Å². The van der Waals surface area contributed by atoms with Crippen molar-refractivity contribution in [2.75, 3.05) is 6.54 Å². The average Bonchev–Trinajstić information content (AvgIpc) is 2.24. The lowest BCUT2D eigenvalue weighted by Gasteiger charge is -2.49. The molecule has 2 fully saturated rings. The lowest BCUT2D eigenvalue weighted by atomic mass is 9.57. The Morgan fingerprint density at radius 3 is 2.56 bits per heavy atom. The molecule has 2 saturated carbocycles. The molecule has 1 spiro atoms. The molecule has 0 radical (unpaired) electrons. The number of hydrogen-bond acceptors (Lipinski definition) is 4. The topological polar surface area (TPSA) is 58.9 Å². The molecule has 0 amide bonds. The number of carbonyl (C=O) groups excluding carboxylic acids is 2. The van der Waals surface area contributed by atoms with E-state index in [0.717, 1.165) is 19.3 Å². The summed E-state index contributed by atoms with van der Waals surface area (Å²) in [7, 11) is 0. The molecule has 2 atom stereocenters. The zero-order valence-electron chi connectivity index (χ0n) is 9.32. The lowest BCUT2D eigenvalue weighted by molar-refractivity contribution is 0.0389. The standard InChI is InChI=1S/C12H16N2O2/c15-8-13-7-10-4-11(14-9-16)6-12(5-10)2-1-3-12/h10-11H,1-7H2. The summed E-state index contributed by atoms with van der Waals surface area (Å²) in [5, 5.41) is 0. The first kappa shape index (κ1) is 11.3. The molecule has 0 N–H and O–H groups in total. The van der Waals surface area contributed by atoms with E-state index in [9.17, 15) is 9.59 Å². The van der Waals surface area contributed by atoms with Crippen molar-refractivity contribution < 1.29 is 9.59 Å². The van der Waals surface area contributed by atoms with Crippen molar-refractivity contribution in [2.45, 2.75) is 44.6 Å². The highest BCUT2D eigenvalue weighted by atomic mass is 16.1. The number of rotatable bonds is 3. The van der Waals surface area contributed by atoms with E-state index >= 15 is 0 Å². The van der Waals surface area contributed by atoms with Gasteiger partial charge in [0.05, 0.1) is 12.6 Å². The third-order valence-electron chi connectivity index (χ3n) is 4.06. The van der Waals surface area contributed by atoms with Gasteiger partial charge in [-0.1, -0.05) is 6.42 Å². The molecule has 0 aliphatic heterocycles. The second-order valence-electron chi connectivity index (χ2n) is 5.17. The van der Waals surface area contributed by atoms with Gasteiger partial charge in [0.2, 0.25) is 12.2 Å². The van der Waals surface area contributed by atoms with E-state index in [1.807, 2.05) is 0 Å². The normalized spacial score (nSPS) is 31.0. The maximum absolute atomic E-state index is 10.3. The summed E-state index contributed by atoms with van der Waals surface area (Å²) in [4.78, 5) is 28.0. The first-order valence-electron chi connectivity index (χ1n) is 5.89. The van der Waals surface area contributed by atoms with Crippen molar-refractivity contribution in [2.24, 2.45) is 21.3 Å². The SMILES string of the molecule is O=C=NCC1CC(N=C=O)CC2(CCC2)C1. The van der Waals surface area contributed by atoms with Crippen LogP contribution in [0.3, 0.4) is 0 Å². The molecule has 0 aromatic heterocycles. The quantitative estimate of drug-likeness (QED) is 0.539. The monoisotopic (exact) mass is 220 g/mol. The van der Waals surface area contributed by atoms with E-state index in [2.05, 4.69) is 9.98 Å². The Labute approximate surface area is 94.9 Å². The van der Waals surface area contributed by atoms with E-state index < -0.39 is 0 Å². The maximum Gasteiger partial charge on any atom is 0.235 e. The van der Waals surface area contributed by atoms with Gasteiger partial charge in [-0.2, -0.15) is 0 Å². The van der Waals surface area contributed by atoms with Crippen molar-refractivity contribution in [3.05, 3.63) is 0 Å². The summed E-state index contributed by atoms with van der Waals surface area (Å²) >= 11 is 0. The van der Waals surface area contributed by atoms with Gasteiger partial charge < -0.3 is 0 Å². The molecule has 4 nitrogen and oxygen atoms in total. The average molecular weight is 220 g/mol. The van der Waals surface area contributed by atoms with E-state index in [-0.39, 0.29) is 6.04 Å². The van der Waals surface area contributed by atoms with Gasteiger partial charge in [-0.3, -0.25) is 0 Å². The Balaban J connectivity index is 2.03. The van der Waals surface area contributed by atoms with Crippen LogP contribution in [-0.4, -0.2) is 24.7 Å². The van der Waals surface area contributed by atoms with Crippen LogP contribution < -0.4 is 0 Å². The second kappa shape index (κ2) is 4.73. The van der Waals surface area contributed by atoms with Crippen molar-refractivity contribution in [3.8, 4) is 0 Å². The molecular formula is C12H16N2O2. The van der Waals surface area contributed by atoms with Crippen LogP contribution in [0.1, 0.15) is 38.5 Å². The van der Waals surface area contributed by atoms with Crippen LogP contribution in [0.5, 0.6) is 0 Å². The van der Waals surface area contributed by atoms with E-state index in [4.69, 9.17) is 0 Å². The summed E-state index contributed by atoms with van der Waals surface area (Å²) in [6, 6.07) is 0.0957. The zero-order valence-corrected chi connectivity index (χ0v) is 9.32. The third kappa shape index (κ3) is 2.29. The molecular weight excluding hydrogens is 204 g/mol. The number of nitrogens with zero attached hydrogens (tertiary/aromatic N) is 2. The minimum absolute atomic E-state index is 0.0957. The minimum atomic E-state index is 0.0957. The molecule has 2 aliphatic rings. The minimum Gasteiger partial charge on any atom is -0.211 e. The first-order valence-corrected chi connectivity index (χ1v) is 5.89. The van der Waals surface area contributed by atoms with Gasteiger partial charge in [0.25, 0.3) is 0 Å². The van der Waals surface area contributed by atoms with E-state index in [1.165, 1.54) is 19.3 Å². The Bertz CT molecular complexity index is 350. The van der Waals surface area contributed by atoms with Crippen molar-refractivity contribution in [1.82, 2.24) is 0 Å². The fourth-order valence-electron chi connectivity index (χ4n) is 3.31. The third-order valence-corrected chi connectivity index (χ3v) is 4.06. The molecule has 16 heavy (non-hydrogen) atoms. The van der Waals surface area contributed by atoms with Crippen LogP contribution >= 0.6 is 0 Å². The van der Waals surface area contributed by atoms with Crippen LogP contribution in [0.15, 0.2) is 9.98 Å². The summed E-state index contributed by atoms with van der Waals surface area (Å²) in [6.45, 7) is 0.538. The fourth-order valence-corrected chi connectivity index (χ4v) is 3.31. The molecule has 2 unspecified atom stereocenters. The lowest BCUT2D eigenvalue weighted by Crippen LogP contribution is -2.40. The van der Waals surface area contributed by atoms with Gasteiger partial charge in [0.15, 0.2) is 0 Å². The smallest absolute Gasteiger partial charge is 0.211 e. The molecule has 0 aromatic rings. The van der Waals surface area contributed by atoms with Crippen molar-refractivity contribution in [1.29, 1.82) is 0 Å². The van der Waals surface area contributed by atoms with Crippen LogP contribution in [0.25, 0.3) is 0 Å². The number of aliphatic imine (C=N–C) groups is 2. The molecule has 2 aliphatic carbocycles. The predicted molar refractivity (Wildman–Crippen MR) is 58.5 cm³/mol. The molecule has 4 heteroatoms. The van der Waals surface area contributed by atoms with E-state index in [1.54, 1.807) is 12.2 Å². The molecule has 0 heterocycles. The summed E-state index contributed by atoms with van der Waals surface area (Å²) < 4.78 is 0. The maximum atomic E-state index is 10.3. The zero-order chi connectivity index (χ0) is 11.4.